The van der Waals surface area contributed by atoms with E-state index >= 15 is 0 Å². The number of amides is 1. The zero-order valence-electron chi connectivity index (χ0n) is 12.1. The molecule has 1 saturated heterocycles. The van der Waals surface area contributed by atoms with Gasteiger partial charge >= 0.3 is 0 Å². The Morgan fingerprint density at radius 3 is 3.00 bits per heavy atom. The first-order chi connectivity index (χ1) is 10.1. The van der Waals surface area contributed by atoms with Crippen LogP contribution in [0.15, 0.2) is 23.6 Å². The predicted octanol–water partition coefficient (Wildman–Crippen LogP) is 2.37. The molecule has 2 aromatic heterocycles. The van der Waals surface area contributed by atoms with Crippen LogP contribution in [0.2, 0.25) is 0 Å². The van der Waals surface area contributed by atoms with Crippen LogP contribution in [-0.2, 0) is 4.74 Å². The van der Waals surface area contributed by atoms with Gasteiger partial charge in [-0.05, 0) is 31.4 Å². The maximum Gasteiger partial charge on any atom is 0.264 e. The Labute approximate surface area is 127 Å². The Hall–Kier alpha value is -1.79. The molecule has 0 saturated carbocycles. The van der Waals surface area contributed by atoms with Crippen molar-refractivity contribution in [2.45, 2.75) is 20.0 Å². The zero-order chi connectivity index (χ0) is 14.8. The van der Waals surface area contributed by atoms with E-state index in [-0.39, 0.29) is 12.0 Å². The van der Waals surface area contributed by atoms with Gasteiger partial charge in [-0.1, -0.05) is 6.07 Å². The van der Waals surface area contributed by atoms with Crippen LogP contribution in [0.1, 0.15) is 33.0 Å². The number of ether oxygens (including phenoxy) is 1. The normalized spacial score (nSPS) is 18.8. The number of aromatic nitrogens is 2. The SMILES string of the molecule is Cc1cc(C2CN(C(=O)c3cccs3)CCO2)nc(C)n1. The van der Waals surface area contributed by atoms with Crippen LogP contribution < -0.4 is 0 Å². The summed E-state index contributed by atoms with van der Waals surface area (Å²) < 4.78 is 5.79. The highest BCUT2D eigenvalue weighted by molar-refractivity contribution is 7.12. The molecule has 5 nitrogen and oxygen atoms in total. The lowest BCUT2D eigenvalue weighted by Gasteiger charge is -2.32. The van der Waals surface area contributed by atoms with Gasteiger partial charge in [-0.25, -0.2) is 9.97 Å². The highest BCUT2D eigenvalue weighted by Crippen LogP contribution is 2.23. The molecule has 3 rings (SSSR count). The van der Waals surface area contributed by atoms with Gasteiger partial charge in [-0.3, -0.25) is 4.79 Å². The van der Waals surface area contributed by atoms with Crippen LogP contribution in [0.25, 0.3) is 0 Å². The Kier molecular flexibility index (Phi) is 3.98. The third-order valence-electron chi connectivity index (χ3n) is 3.40. The minimum absolute atomic E-state index is 0.0702. The Morgan fingerprint density at radius 1 is 1.43 bits per heavy atom. The van der Waals surface area contributed by atoms with Crippen molar-refractivity contribution >= 4 is 17.2 Å². The van der Waals surface area contributed by atoms with Crippen LogP contribution in [0.5, 0.6) is 0 Å². The summed E-state index contributed by atoms with van der Waals surface area (Å²) in [5.74, 6) is 0.802. The van der Waals surface area contributed by atoms with Gasteiger partial charge in [0, 0.05) is 12.2 Å². The lowest BCUT2D eigenvalue weighted by Crippen LogP contribution is -2.42. The summed E-state index contributed by atoms with van der Waals surface area (Å²) in [4.78, 5) is 23.7. The van der Waals surface area contributed by atoms with Crippen LogP contribution in [0.3, 0.4) is 0 Å². The summed E-state index contributed by atoms with van der Waals surface area (Å²) in [5.41, 5.74) is 1.77. The smallest absolute Gasteiger partial charge is 0.264 e. The second kappa shape index (κ2) is 5.91. The fourth-order valence-corrected chi connectivity index (χ4v) is 3.17. The maximum atomic E-state index is 12.4. The van der Waals surface area contributed by atoms with E-state index in [0.29, 0.717) is 19.7 Å². The van der Waals surface area contributed by atoms with Crippen LogP contribution in [-0.4, -0.2) is 40.5 Å². The first kappa shape index (κ1) is 14.2. The quantitative estimate of drug-likeness (QED) is 0.854. The molecule has 21 heavy (non-hydrogen) atoms. The van der Waals surface area contributed by atoms with E-state index in [2.05, 4.69) is 9.97 Å². The molecule has 1 fully saturated rings. The molecule has 1 atom stereocenters. The molecule has 110 valence electrons. The molecular formula is C15H17N3O2S. The molecule has 0 aromatic carbocycles. The molecular weight excluding hydrogens is 286 g/mol. The molecule has 3 heterocycles. The Bertz CT molecular complexity index is 622. The summed E-state index contributed by atoms with van der Waals surface area (Å²) in [5, 5.41) is 1.92. The molecule has 1 amide bonds. The van der Waals surface area contributed by atoms with E-state index in [1.165, 1.54) is 11.3 Å². The Balaban J connectivity index is 1.78. The van der Waals surface area contributed by atoms with E-state index in [1.807, 2.05) is 42.3 Å². The minimum Gasteiger partial charge on any atom is -0.368 e. The van der Waals surface area contributed by atoms with Gasteiger partial charge in [0.05, 0.1) is 23.7 Å². The average Bonchev–Trinajstić information content (AvgIpc) is 3.00. The van der Waals surface area contributed by atoms with E-state index < -0.39 is 0 Å². The molecule has 0 N–H and O–H groups in total. The van der Waals surface area contributed by atoms with Gasteiger partial charge in [0.15, 0.2) is 0 Å². The van der Waals surface area contributed by atoms with Crippen molar-refractivity contribution in [3.63, 3.8) is 0 Å². The average molecular weight is 303 g/mol. The number of carbonyl (C=O) groups excluding carboxylic acids is 1. The number of rotatable bonds is 2. The molecule has 1 aliphatic heterocycles. The van der Waals surface area contributed by atoms with Crippen LogP contribution in [0.4, 0.5) is 0 Å². The third-order valence-corrected chi connectivity index (χ3v) is 4.26. The summed E-state index contributed by atoms with van der Waals surface area (Å²) in [6, 6.07) is 5.68. The highest BCUT2D eigenvalue weighted by atomic mass is 32.1. The first-order valence-corrected chi connectivity index (χ1v) is 7.78. The summed E-state index contributed by atoms with van der Waals surface area (Å²) in [7, 11) is 0. The number of aryl methyl sites for hydroxylation is 2. The molecule has 6 heteroatoms. The van der Waals surface area contributed by atoms with Gasteiger partial charge in [-0.2, -0.15) is 0 Å². The topological polar surface area (TPSA) is 55.3 Å². The third kappa shape index (κ3) is 3.11. The number of thiophene rings is 1. The maximum absolute atomic E-state index is 12.4. The van der Waals surface area contributed by atoms with Crippen molar-refractivity contribution in [1.82, 2.24) is 14.9 Å². The van der Waals surface area contributed by atoms with Crippen molar-refractivity contribution in [2.24, 2.45) is 0 Å². The number of hydrogen-bond donors (Lipinski definition) is 0. The van der Waals surface area contributed by atoms with Gasteiger partial charge < -0.3 is 9.64 Å². The van der Waals surface area contributed by atoms with Crippen molar-refractivity contribution in [2.75, 3.05) is 19.7 Å². The molecule has 1 unspecified atom stereocenters. The van der Waals surface area contributed by atoms with E-state index in [9.17, 15) is 4.79 Å². The predicted molar refractivity (Wildman–Crippen MR) is 80.4 cm³/mol. The Morgan fingerprint density at radius 2 is 2.29 bits per heavy atom. The number of carbonyl (C=O) groups is 1. The highest BCUT2D eigenvalue weighted by Gasteiger charge is 2.27. The van der Waals surface area contributed by atoms with Crippen molar-refractivity contribution in [3.05, 3.63) is 45.7 Å². The second-order valence-corrected chi connectivity index (χ2v) is 6.02. The fourth-order valence-electron chi connectivity index (χ4n) is 2.48. The summed E-state index contributed by atoms with van der Waals surface area (Å²) in [6.07, 6.45) is -0.178. The summed E-state index contributed by atoms with van der Waals surface area (Å²) in [6.45, 7) is 5.50. The van der Waals surface area contributed by atoms with E-state index in [1.54, 1.807) is 0 Å². The number of morpholine rings is 1. The lowest BCUT2D eigenvalue weighted by molar-refractivity contribution is -0.0247. The van der Waals surface area contributed by atoms with Gasteiger partial charge in [0.1, 0.15) is 11.9 Å². The van der Waals surface area contributed by atoms with E-state index in [0.717, 1.165) is 22.1 Å². The van der Waals surface area contributed by atoms with Crippen LogP contribution in [0, 0.1) is 13.8 Å². The molecule has 0 aliphatic carbocycles. The standard InChI is InChI=1S/C15H17N3O2S/c1-10-8-12(17-11(2)16-10)13-9-18(5-6-20-13)15(19)14-4-3-7-21-14/h3-4,7-8,13H,5-6,9H2,1-2H3. The number of hydrogen-bond acceptors (Lipinski definition) is 5. The lowest BCUT2D eigenvalue weighted by atomic mass is 10.1. The van der Waals surface area contributed by atoms with E-state index in [4.69, 9.17) is 4.74 Å². The molecule has 0 spiro atoms. The van der Waals surface area contributed by atoms with Gasteiger partial charge in [-0.15, -0.1) is 11.3 Å². The minimum atomic E-state index is -0.178. The zero-order valence-corrected chi connectivity index (χ0v) is 12.9. The van der Waals surface area contributed by atoms with Gasteiger partial charge in [0.2, 0.25) is 0 Å². The fraction of sp³-hybridized carbons (Fsp3) is 0.400. The number of nitrogens with zero attached hydrogens (tertiary/aromatic N) is 3. The summed E-state index contributed by atoms with van der Waals surface area (Å²) >= 11 is 1.47. The molecule has 2 aromatic rings. The van der Waals surface area contributed by atoms with Crippen molar-refractivity contribution in [3.8, 4) is 0 Å². The first-order valence-electron chi connectivity index (χ1n) is 6.90. The molecule has 1 aliphatic rings. The monoisotopic (exact) mass is 303 g/mol. The van der Waals surface area contributed by atoms with Crippen LogP contribution >= 0.6 is 11.3 Å². The molecule has 0 radical (unpaired) electrons. The molecule has 0 bridgehead atoms. The largest absolute Gasteiger partial charge is 0.368 e. The van der Waals surface area contributed by atoms with Crippen molar-refractivity contribution in [1.29, 1.82) is 0 Å². The van der Waals surface area contributed by atoms with Crippen molar-refractivity contribution < 1.29 is 9.53 Å². The van der Waals surface area contributed by atoms with Gasteiger partial charge in [0.25, 0.3) is 5.91 Å². The second-order valence-electron chi connectivity index (χ2n) is 5.07.